The normalized spacial score (nSPS) is 25.9. The maximum absolute atomic E-state index is 2.90. The van der Waals surface area contributed by atoms with E-state index in [9.17, 15) is 0 Å². The third-order valence-corrected chi connectivity index (χ3v) is 13.6. The fourth-order valence-electron chi connectivity index (χ4n) is 11.0. The van der Waals surface area contributed by atoms with E-state index in [4.69, 9.17) is 0 Å². The van der Waals surface area contributed by atoms with Gasteiger partial charge in [0.15, 0.2) is 0 Å². The van der Waals surface area contributed by atoms with E-state index in [1.165, 1.54) is 67.2 Å². The molecular formula is C53H61BN2. The van der Waals surface area contributed by atoms with Crippen LogP contribution in [0, 0.1) is 23.2 Å². The number of hydrogen-bond donors (Lipinski definition) is 0. The molecule has 0 fully saturated rings. The maximum atomic E-state index is 2.90. The predicted octanol–water partition coefficient (Wildman–Crippen LogP) is 13.2. The number of anilines is 2. The first-order chi connectivity index (χ1) is 26.8. The van der Waals surface area contributed by atoms with Crippen LogP contribution in [0.15, 0.2) is 154 Å². The number of benzene rings is 2. The smallest absolute Gasteiger partial charge is 0.247 e. The van der Waals surface area contributed by atoms with Crippen LogP contribution >= 0.6 is 0 Å². The fraction of sp³-hybridized carbons (Fsp3) is 0.396. The third kappa shape index (κ3) is 6.07. The third-order valence-electron chi connectivity index (χ3n) is 13.6. The van der Waals surface area contributed by atoms with Gasteiger partial charge in [0.1, 0.15) is 0 Å². The zero-order valence-electron chi connectivity index (χ0n) is 35.4. The van der Waals surface area contributed by atoms with Crippen molar-refractivity contribution in [3.05, 3.63) is 165 Å². The summed E-state index contributed by atoms with van der Waals surface area (Å²) in [6, 6.07) is 17.0. The van der Waals surface area contributed by atoms with Crippen LogP contribution in [0.3, 0.4) is 0 Å². The first-order valence-corrected chi connectivity index (χ1v) is 21.7. The van der Waals surface area contributed by atoms with Crippen molar-refractivity contribution < 1.29 is 0 Å². The quantitative estimate of drug-likeness (QED) is 0.288. The summed E-state index contributed by atoms with van der Waals surface area (Å²) in [5.74, 6) is 1.26. The topological polar surface area (TPSA) is 6.48 Å². The molecular weight excluding hydrogens is 675 g/mol. The highest BCUT2D eigenvalue weighted by Crippen LogP contribution is 2.55. The minimum absolute atomic E-state index is 0.0242. The molecule has 0 bridgehead atoms. The summed E-state index contributed by atoms with van der Waals surface area (Å²) in [5.41, 5.74) is 20.1. The molecule has 0 amide bonds. The van der Waals surface area contributed by atoms with Crippen LogP contribution in [-0.2, 0) is 5.41 Å². The van der Waals surface area contributed by atoms with E-state index in [2.05, 4.69) is 181 Å². The molecule has 286 valence electrons. The van der Waals surface area contributed by atoms with Crippen molar-refractivity contribution in [1.29, 1.82) is 0 Å². The summed E-state index contributed by atoms with van der Waals surface area (Å²) < 4.78 is 0. The summed E-state index contributed by atoms with van der Waals surface area (Å²) in [6.45, 7) is 21.9. The van der Waals surface area contributed by atoms with Crippen molar-refractivity contribution in [2.75, 3.05) is 4.90 Å². The Morgan fingerprint density at radius 3 is 2.29 bits per heavy atom. The van der Waals surface area contributed by atoms with E-state index in [1.54, 1.807) is 11.0 Å². The Morgan fingerprint density at radius 2 is 1.54 bits per heavy atom. The van der Waals surface area contributed by atoms with Gasteiger partial charge in [-0.2, -0.15) is 0 Å². The standard InChI is InChI=1S/C53H61BN2/c1-34-18-17-21-38(32-34)41-23-14-15-24-45(41)55-47-31-26-35(2)50-49(47)54(43-29-27-39(33-48(43)55)52(4,5)6)44-30-28-42(53(7,8)9)36(3)51(44)56(50)46-25-16-13-22-40(46)37-19-11-10-12-20-37/h11,14-15,17-25,27-31,33-36,51H,10,12-13,16,26,32H2,1-9H3. The van der Waals surface area contributed by atoms with Gasteiger partial charge in [-0.25, -0.2) is 0 Å². The minimum Gasteiger partial charge on any atom is -0.338 e. The molecule has 7 aliphatic rings. The molecule has 5 aliphatic carbocycles. The van der Waals surface area contributed by atoms with Gasteiger partial charge in [-0.05, 0) is 101 Å². The average molecular weight is 737 g/mol. The number of hydrogen-bond acceptors (Lipinski definition) is 2. The predicted molar refractivity (Wildman–Crippen MR) is 241 cm³/mol. The highest BCUT2D eigenvalue weighted by Gasteiger charge is 2.53. The van der Waals surface area contributed by atoms with E-state index in [-0.39, 0.29) is 23.6 Å². The molecule has 2 aromatic carbocycles. The van der Waals surface area contributed by atoms with Crippen molar-refractivity contribution in [1.82, 2.24) is 4.90 Å². The van der Waals surface area contributed by atoms with Crippen LogP contribution < -0.4 is 10.4 Å². The van der Waals surface area contributed by atoms with Crippen LogP contribution in [0.2, 0.25) is 0 Å². The lowest BCUT2D eigenvalue weighted by Gasteiger charge is -2.56. The Kier molecular flexibility index (Phi) is 9.18. The molecule has 4 unspecified atom stereocenters. The van der Waals surface area contributed by atoms with Crippen molar-refractivity contribution >= 4 is 29.1 Å². The number of allylic oxidation sites excluding steroid dienone is 15. The second kappa shape index (κ2) is 13.9. The Labute approximate surface area is 338 Å². The van der Waals surface area contributed by atoms with Gasteiger partial charge >= 0.3 is 0 Å². The second-order valence-electron chi connectivity index (χ2n) is 19.7. The molecule has 0 aromatic heterocycles. The van der Waals surface area contributed by atoms with Crippen molar-refractivity contribution in [2.45, 2.75) is 112 Å². The Bertz CT molecular complexity index is 2300. The molecule has 9 rings (SSSR count). The van der Waals surface area contributed by atoms with E-state index in [0.717, 1.165) is 38.5 Å². The summed E-state index contributed by atoms with van der Waals surface area (Å²) in [5, 5.41) is 0. The van der Waals surface area contributed by atoms with Gasteiger partial charge in [-0.3, -0.25) is 0 Å². The lowest BCUT2D eigenvalue weighted by atomic mass is 9.29. The fourth-order valence-corrected chi connectivity index (χ4v) is 11.0. The number of para-hydroxylation sites is 1. The van der Waals surface area contributed by atoms with Crippen LogP contribution in [0.25, 0.3) is 5.57 Å². The van der Waals surface area contributed by atoms with Gasteiger partial charge < -0.3 is 9.80 Å². The molecule has 0 spiro atoms. The van der Waals surface area contributed by atoms with Gasteiger partial charge in [-0.15, -0.1) is 0 Å². The first-order valence-electron chi connectivity index (χ1n) is 21.7. The van der Waals surface area contributed by atoms with Gasteiger partial charge in [0.25, 0.3) is 0 Å². The average Bonchev–Trinajstić information content (AvgIpc) is 3.18. The van der Waals surface area contributed by atoms with Crippen molar-refractivity contribution in [3.63, 3.8) is 0 Å². The van der Waals surface area contributed by atoms with Crippen LogP contribution in [0.1, 0.15) is 112 Å². The number of fused-ring (bicyclic) bond motifs is 4. The molecule has 3 heteroatoms. The molecule has 56 heavy (non-hydrogen) atoms. The number of nitrogens with zero attached hydrogens (tertiary/aromatic N) is 2. The van der Waals surface area contributed by atoms with Crippen LogP contribution in [0.4, 0.5) is 11.4 Å². The van der Waals surface area contributed by atoms with E-state index in [0.29, 0.717) is 17.8 Å². The SMILES string of the molecule is CC1C=CC=C(c2ccccc2N2C3=CCC(C)C4=C3B(C3=CC=C(C(C)(C)C)C(C)C3N4C3=CCCC=C3C3=CCCC=C3)c3ccc(C(C)(C)C)cc32)C1. The van der Waals surface area contributed by atoms with Crippen molar-refractivity contribution in [3.8, 4) is 0 Å². The summed E-state index contributed by atoms with van der Waals surface area (Å²) >= 11 is 0. The van der Waals surface area contributed by atoms with Gasteiger partial charge in [0.2, 0.25) is 6.71 Å². The Morgan fingerprint density at radius 1 is 0.750 bits per heavy atom. The van der Waals surface area contributed by atoms with Crippen molar-refractivity contribution in [2.24, 2.45) is 23.2 Å². The van der Waals surface area contributed by atoms with Crippen LogP contribution in [0.5, 0.6) is 0 Å². The van der Waals surface area contributed by atoms with E-state index >= 15 is 0 Å². The largest absolute Gasteiger partial charge is 0.338 e. The lowest BCUT2D eigenvalue weighted by molar-refractivity contribution is 0.247. The molecule has 0 saturated heterocycles. The highest BCUT2D eigenvalue weighted by molar-refractivity contribution is 6.89. The lowest BCUT2D eigenvalue weighted by Crippen LogP contribution is -2.60. The first kappa shape index (κ1) is 37.1. The van der Waals surface area contributed by atoms with Gasteiger partial charge in [0, 0.05) is 39.8 Å². The zero-order valence-corrected chi connectivity index (χ0v) is 35.4. The summed E-state index contributed by atoms with van der Waals surface area (Å²) in [4.78, 5) is 5.60. The second-order valence-corrected chi connectivity index (χ2v) is 19.7. The molecule has 2 aromatic rings. The molecule has 0 N–H and O–H groups in total. The Hall–Kier alpha value is -4.50. The van der Waals surface area contributed by atoms with Gasteiger partial charge in [0.05, 0.1) is 11.7 Å². The molecule has 0 saturated carbocycles. The maximum Gasteiger partial charge on any atom is 0.247 e. The summed E-state index contributed by atoms with van der Waals surface area (Å²) in [6.07, 6.45) is 33.6. The molecule has 2 heterocycles. The van der Waals surface area contributed by atoms with E-state index in [1.807, 2.05) is 0 Å². The Balaban J connectivity index is 1.35. The summed E-state index contributed by atoms with van der Waals surface area (Å²) in [7, 11) is 0. The van der Waals surface area contributed by atoms with Gasteiger partial charge in [-0.1, -0.05) is 171 Å². The highest BCUT2D eigenvalue weighted by atomic mass is 15.2. The molecule has 4 atom stereocenters. The minimum atomic E-state index is 0.0242. The monoisotopic (exact) mass is 736 g/mol. The zero-order chi connectivity index (χ0) is 39.1. The number of rotatable bonds is 4. The van der Waals surface area contributed by atoms with E-state index < -0.39 is 0 Å². The van der Waals surface area contributed by atoms with Crippen LogP contribution in [-0.4, -0.2) is 17.7 Å². The molecule has 2 nitrogen and oxygen atoms in total. The molecule has 0 radical (unpaired) electrons. The molecule has 2 aliphatic heterocycles.